The second-order valence-corrected chi connectivity index (χ2v) is 5.22. The van der Waals surface area contributed by atoms with E-state index >= 15 is 0 Å². The van der Waals surface area contributed by atoms with Crippen molar-refractivity contribution in [2.75, 3.05) is 6.61 Å². The maximum Gasteiger partial charge on any atom is 0.184 e. The molecular weight excluding hydrogens is 254 g/mol. The van der Waals surface area contributed by atoms with Crippen LogP contribution in [0.4, 0.5) is 0 Å². The third-order valence-electron chi connectivity index (χ3n) is 2.43. The summed E-state index contributed by atoms with van der Waals surface area (Å²) in [6.45, 7) is 4.77. The van der Waals surface area contributed by atoms with E-state index < -0.39 is 0 Å². The van der Waals surface area contributed by atoms with Gasteiger partial charge in [-0.2, -0.15) is 0 Å². The topological polar surface area (TPSA) is 22.1 Å². The highest BCUT2D eigenvalue weighted by Gasteiger charge is 2.10. The largest absolute Gasteiger partial charge is 0.494 e. The molecule has 1 aromatic heterocycles. The van der Waals surface area contributed by atoms with Gasteiger partial charge in [0, 0.05) is 10.4 Å². The molecule has 0 N–H and O–H groups in total. The molecule has 0 aliphatic heterocycles. The summed E-state index contributed by atoms with van der Waals surface area (Å²) in [5.74, 6) is 0.885. The van der Waals surface area contributed by atoms with E-state index in [0.717, 1.165) is 23.4 Å². The molecule has 2 aromatic rings. The number of aryl methyl sites for hydroxylation is 1. The number of hydrogen-bond donors (Lipinski definition) is 0. The molecule has 0 atom stereocenters. The highest BCUT2D eigenvalue weighted by atomic mass is 35.5. The molecule has 0 bridgehead atoms. The summed E-state index contributed by atoms with van der Waals surface area (Å²) in [5.41, 5.74) is 2.08. The van der Waals surface area contributed by atoms with Gasteiger partial charge in [-0.15, -0.1) is 11.3 Å². The van der Waals surface area contributed by atoms with Crippen LogP contribution in [0.25, 0.3) is 11.3 Å². The van der Waals surface area contributed by atoms with Gasteiger partial charge < -0.3 is 4.74 Å². The SMILES string of the molecule is CCOc1ccc(-c2nc(Cl)sc2CC)cc1. The van der Waals surface area contributed by atoms with Gasteiger partial charge in [0.1, 0.15) is 5.75 Å². The van der Waals surface area contributed by atoms with E-state index in [1.807, 2.05) is 31.2 Å². The first-order valence-electron chi connectivity index (χ1n) is 5.63. The first-order chi connectivity index (χ1) is 8.24. The molecule has 0 aliphatic rings. The monoisotopic (exact) mass is 267 g/mol. The van der Waals surface area contributed by atoms with Gasteiger partial charge in [0.15, 0.2) is 4.47 Å². The molecule has 0 radical (unpaired) electrons. The number of nitrogens with zero attached hydrogens (tertiary/aromatic N) is 1. The number of benzene rings is 1. The van der Waals surface area contributed by atoms with Gasteiger partial charge in [0.05, 0.1) is 12.3 Å². The Hall–Kier alpha value is -1.06. The molecule has 1 heterocycles. The van der Waals surface area contributed by atoms with Crippen molar-refractivity contribution < 1.29 is 4.74 Å². The zero-order valence-corrected chi connectivity index (χ0v) is 11.4. The minimum atomic E-state index is 0.603. The van der Waals surface area contributed by atoms with Gasteiger partial charge in [-0.05, 0) is 37.6 Å². The van der Waals surface area contributed by atoms with Crippen molar-refractivity contribution in [1.29, 1.82) is 0 Å². The van der Waals surface area contributed by atoms with E-state index in [9.17, 15) is 0 Å². The fourth-order valence-corrected chi connectivity index (χ4v) is 2.77. The molecule has 0 fully saturated rings. The van der Waals surface area contributed by atoms with E-state index in [1.165, 1.54) is 4.88 Å². The van der Waals surface area contributed by atoms with Gasteiger partial charge in [-0.25, -0.2) is 4.98 Å². The van der Waals surface area contributed by atoms with Crippen molar-refractivity contribution in [3.63, 3.8) is 0 Å². The van der Waals surface area contributed by atoms with Crippen LogP contribution in [0.15, 0.2) is 24.3 Å². The van der Waals surface area contributed by atoms with E-state index in [4.69, 9.17) is 16.3 Å². The third kappa shape index (κ3) is 2.79. The second-order valence-electron chi connectivity index (χ2n) is 3.55. The maximum absolute atomic E-state index is 5.96. The summed E-state index contributed by atoms with van der Waals surface area (Å²) in [6, 6.07) is 7.97. The molecular formula is C13H14ClNOS. The summed E-state index contributed by atoms with van der Waals surface area (Å²) in [6.07, 6.45) is 0.951. The van der Waals surface area contributed by atoms with Gasteiger partial charge >= 0.3 is 0 Å². The van der Waals surface area contributed by atoms with E-state index in [0.29, 0.717) is 11.1 Å². The third-order valence-corrected chi connectivity index (χ3v) is 3.74. The van der Waals surface area contributed by atoms with Crippen LogP contribution >= 0.6 is 22.9 Å². The zero-order valence-electron chi connectivity index (χ0n) is 9.87. The van der Waals surface area contributed by atoms with Crippen molar-refractivity contribution in [2.24, 2.45) is 0 Å². The van der Waals surface area contributed by atoms with Crippen LogP contribution in [0.3, 0.4) is 0 Å². The molecule has 2 rings (SSSR count). The molecule has 0 spiro atoms. The average Bonchev–Trinajstić information content (AvgIpc) is 2.72. The fraction of sp³-hybridized carbons (Fsp3) is 0.308. The number of halogens is 1. The van der Waals surface area contributed by atoms with Gasteiger partial charge in [-0.3, -0.25) is 0 Å². The summed E-state index contributed by atoms with van der Waals surface area (Å²) in [7, 11) is 0. The molecule has 4 heteroatoms. The average molecular weight is 268 g/mol. The van der Waals surface area contributed by atoms with Crippen molar-refractivity contribution in [3.8, 4) is 17.0 Å². The molecule has 0 saturated carbocycles. The molecule has 90 valence electrons. The van der Waals surface area contributed by atoms with Gasteiger partial charge in [0.2, 0.25) is 0 Å². The Kier molecular flexibility index (Phi) is 4.02. The van der Waals surface area contributed by atoms with E-state index in [1.54, 1.807) is 11.3 Å². The zero-order chi connectivity index (χ0) is 12.3. The standard InChI is InChI=1S/C13H14ClNOS/c1-3-11-12(15-13(14)17-11)9-5-7-10(8-6-9)16-4-2/h5-8H,3-4H2,1-2H3. The lowest BCUT2D eigenvalue weighted by Gasteiger charge is -2.04. The van der Waals surface area contributed by atoms with E-state index in [2.05, 4.69) is 11.9 Å². The first kappa shape index (κ1) is 12.4. The lowest BCUT2D eigenvalue weighted by Crippen LogP contribution is -1.91. The Morgan fingerprint density at radius 1 is 1.24 bits per heavy atom. The lowest BCUT2D eigenvalue weighted by molar-refractivity contribution is 0.340. The molecule has 1 aromatic carbocycles. The quantitative estimate of drug-likeness (QED) is 0.818. The molecule has 0 aliphatic carbocycles. The lowest BCUT2D eigenvalue weighted by atomic mass is 10.1. The highest BCUT2D eigenvalue weighted by Crippen LogP contribution is 2.31. The number of rotatable bonds is 4. The Balaban J connectivity index is 2.32. The van der Waals surface area contributed by atoms with E-state index in [-0.39, 0.29) is 0 Å². The molecule has 0 saturated heterocycles. The minimum Gasteiger partial charge on any atom is -0.494 e. The van der Waals surface area contributed by atoms with Crippen LogP contribution in [0.5, 0.6) is 5.75 Å². The van der Waals surface area contributed by atoms with Crippen LogP contribution < -0.4 is 4.74 Å². The minimum absolute atomic E-state index is 0.603. The summed E-state index contributed by atoms with van der Waals surface area (Å²) in [5, 5.41) is 0. The van der Waals surface area contributed by atoms with Crippen LogP contribution in [0, 0.1) is 0 Å². The molecule has 0 amide bonds. The normalized spacial score (nSPS) is 10.5. The Morgan fingerprint density at radius 3 is 2.53 bits per heavy atom. The van der Waals surface area contributed by atoms with Crippen LogP contribution in [0.1, 0.15) is 18.7 Å². The van der Waals surface area contributed by atoms with Crippen LogP contribution in [-0.2, 0) is 6.42 Å². The summed E-state index contributed by atoms with van der Waals surface area (Å²) >= 11 is 7.50. The molecule has 2 nitrogen and oxygen atoms in total. The Labute approximate surface area is 110 Å². The number of hydrogen-bond acceptors (Lipinski definition) is 3. The number of aromatic nitrogens is 1. The van der Waals surface area contributed by atoms with Gasteiger partial charge in [-0.1, -0.05) is 18.5 Å². The Morgan fingerprint density at radius 2 is 1.94 bits per heavy atom. The second kappa shape index (κ2) is 5.52. The molecule has 0 unspecified atom stereocenters. The Bertz CT molecular complexity index is 493. The maximum atomic E-state index is 5.96. The predicted octanol–water partition coefficient (Wildman–Crippen LogP) is 4.42. The summed E-state index contributed by atoms with van der Waals surface area (Å²) < 4.78 is 6.02. The highest BCUT2D eigenvalue weighted by molar-refractivity contribution is 7.16. The fourth-order valence-electron chi connectivity index (χ4n) is 1.66. The van der Waals surface area contributed by atoms with Crippen molar-refractivity contribution >= 4 is 22.9 Å². The summed E-state index contributed by atoms with van der Waals surface area (Å²) in [4.78, 5) is 5.59. The van der Waals surface area contributed by atoms with Crippen molar-refractivity contribution in [3.05, 3.63) is 33.6 Å². The number of thiazole rings is 1. The molecule has 17 heavy (non-hydrogen) atoms. The van der Waals surface area contributed by atoms with Crippen LogP contribution in [-0.4, -0.2) is 11.6 Å². The van der Waals surface area contributed by atoms with Gasteiger partial charge in [0.25, 0.3) is 0 Å². The first-order valence-corrected chi connectivity index (χ1v) is 6.82. The van der Waals surface area contributed by atoms with Crippen molar-refractivity contribution in [1.82, 2.24) is 4.98 Å². The van der Waals surface area contributed by atoms with Crippen LogP contribution in [0.2, 0.25) is 4.47 Å². The van der Waals surface area contributed by atoms with Crippen molar-refractivity contribution in [2.45, 2.75) is 20.3 Å². The number of ether oxygens (including phenoxy) is 1. The smallest absolute Gasteiger partial charge is 0.184 e. The predicted molar refractivity (Wildman–Crippen MR) is 73.1 cm³/mol.